The number of nitrogens with one attached hydrogen (secondary N) is 1. The first-order valence-electron chi connectivity index (χ1n) is 7.01. The Morgan fingerprint density at radius 1 is 1.30 bits per heavy atom. The molecular formula is C16H25NO2S. The highest BCUT2D eigenvalue weighted by Crippen LogP contribution is 2.21. The van der Waals surface area contributed by atoms with E-state index in [2.05, 4.69) is 56.6 Å². The van der Waals surface area contributed by atoms with Crippen molar-refractivity contribution in [3.63, 3.8) is 0 Å². The number of hydrogen-bond acceptors (Lipinski definition) is 4. The van der Waals surface area contributed by atoms with E-state index in [0.717, 1.165) is 6.42 Å². The van der Waals surface area contributed by atoms with Crippen LogP contribution in [0.4, 0.5) is 0 Å². The molecule has 0 saturated heterocycles. The van der Waals surface area contributed by atoms with Crippen LogP contribution in [0.25, 0.3) is 0 Å². The molecule has 0 fully saturated rings. The Balaban J connectivity index is 2.78. The predicted octanol–water partition coefficient (Wildman–Crippen LogP) is 3.65. The zero-order valence-corrected chi connectivity index (χ0v) is 13.8. The van der Waals surface area contributed by atoms with Gasteiger partial charge in [-0.25, -0.2) is 0 Å². The van der Waals surface area contributed by atoms with Crippen LogP contribution < -0.4 is 5.32 Å². The summed E-state index contributed by atoms with van der Waals surface area (Å²) < 4.78 is 4.90. The van der Waals surface area contributed by atoms with Crippen LogP contribution in [-0.4, -0.2) is 25.4 Å². The van der Waals surface area contributed by atoms with Crippen LogP contribution in [0.1, 0.15) is 38.8 Å². The third kappa shape index (κ3) is 4.53. The van der Waals surface area contributed by atoms with Gasteiger partial charge in [-0.3, -0.25) is 10.1 Å². The molecule has 20 heavy (non-hydrogen) atoms. The molecule has 0 bridgehead atoms. The number of ether oxygens (including phenoxy) is 1. The van der Waals surface area contributed by atoms with Gasteiger partial charge in [-0.1, -0.05) is 32.4 Å². The first kappa shape index (κ1) is 17.1. The first-order valence-corrected chi connectivity index (χ1v) is 8.23. The summed E-state index contributed by atoms with van der Waals surface area (Å²) in [6, 6.07) is 8.27. The van der Waals surface area contributed by atoms with Crippen LogP contribution in [0, 0.1) is 5.92 Å². The Labute approximate surface area is 126 Å². The maximum absolute atomic E-state index is 11.9. The Kier molecular flexibility index (Phi) is 7.10. The molecule has 0 spiro atoms. The van der Waals surface area contributed by atoms with Gasteiger partial charge >= 0.3 is 5.97 Å². The standard InChI is InChI=1S/C16H25NO2S/c1-6-11(2)15(16(18)19-4)17-12(3)13-7-9-14(20-5)10-8-13/h7-12,15,17H,6H2,1-5H3. The fraction of sp³-hybridized carbons (Fsp3) is 0.562. The number of carbonyl (C=O) groups is 1. The maximum Gasteiger partial charge on any atom is 0.323 e. The lowest BCUT2D eigenvalue weighted by Crippen LogP contribution is -2.43. The highest BCUT2D eigenvalue weighted by Gasteiger charge is 2.26. The van der Waals surface area contributed by atoms with Gasteiger partial charge in [0.15, 0.2) is 0 Å². The summed E-state index contributed by atoms with van der Waals surface area (Å²) in [7, 11) is 1.44. The molecule has 3 nitrogen and oxygen atoms in total. The summed E-state index contributed by atoms with van der Waals surface area (Å²) >= 11 is 1.73. The molecule has 3 atom stereocenters. The van der Waals surface area contributed by atoms with E-state index in [1.54, 1.807) is 11.8 Å². The van der Waals surface area contributed by atoms with Gasteiger partial charge in [-0.2, -0.15) is 0 Å². The van der Waals surface area contributed by atoms with Crippen molar-refractivity contribution in [1.82, 2.24) is 5.32 Å². The number of thioether (sulfide) groups is 1. The molecule has 1 aromatic carbocycles. The zero-order valence-electron chi connectivity index (χ0n) is 13.0. The molecule has 3 unspecified atom stereocenters. The molecule has 0 aliphatic rings. The lowest BCUT2D eigenvalue weighted by Gasteiger charge is -2.26. The van der Waals surface area contributed by atoms with Crippen molar-refractivity contribution in [2.24, 2.45) is 5.92 Å². The lowest BCUT2D eigenvalue weighted by molar-refractivity contribution is -0.144. The van der Waals surface area contributed by atoms with Crippen molar-refractivity contribution in [1.29, 1.82) is 0 Å². The summed E-state index contributed by atoms with van der Waals surface area (Å²) in [5.74, 6) is 0.0577. The van der Waals surface area contributed by atoms with Crippen molar-refractivity contribution in [3.8, 4) is 0 Å². The molecule has 1 rings (SSSR count). The zero-order chi connectivity index (χ0) is 15.1. The molecule has 0 heterocycles. The molecule has 0 aliphatic heterocycles. The second-order valence-electron chi connectivity index (χ2n) is 5.05. The Hall–Kier alpha value is -1.00. The van der Waals surface area contributed by atoms with Gasteiger partial charge in [-0.15, -0.1) is 11.8 Å². The monoisotopic (exact) mass is 295 g/mol. The third-order valence-corrected chi connectivity index (χ3v) is 4.46. The summed E-state index contributed by atoms with van der Waals surface area (Å²) in [5, 5.41) is 3.39. The highest BCUT2D eigenvalue weighted by molar-refractivity contribution is 7.98. The Morgan fingerprint density at radius 2 is 1.90 bits per heavy atom. The van der Waals surface area contributed by atoms with E-state index in [-0.39, 0.29) is 24.0 Å². The summed E-state index contributed by atoms with van der Waals surface area (Å²) in [6.07, 6.45) is 3.00. The van der Waals surface area contributed by atoms with Gasteiger partial charge in [0.2, 0.25) is 0 Å². The SMILES string of the molecule is CCC(C)C(NC(C)c1ccc(SC)cc1)C(=O)OC. The molecule has 112 valence electrons. The minimum absolute atomic E-state index is 0.115. The number of methoxy groups -OCH3 is 1. The Bertz CT molecular complexity index is 419. The van der Waals surface area contributed by atoms with Crippen molar-refractivity contribution < 1.29 is 9.53 Å². The van der Waals surface area contributed by atoms with E-state index >= 15 is 0 Å². The van der Waals surface area contributed by atoms with Crippen LogP contribution in [0.2, 0.25) is 0 Å². The Morgan fingerprint density at radius 3 is 2.35 bits per heavy atom. The van der Waals surface area contributed by atoms with Crippen molar-refractivity contribution in [3.05, 3.63) is 29.8 Å². The van der Waals surface area contributed by atoms with Gasteiger partial charge < -0.3 is 4.74 Å². The summed E-state index contributed by atoms with van der Waals surface area (Å²) in [5.41, 5.74) is 1.18. The van der Waals surface area contributed by atoms with E-state index in [0.29, 0.717) is 0 Å². The molecule has 4 heteroatoms. The van der Waals surface area contributed by atoms with E-state index in [1.165, 1.54) is 17.6 Å². The predicted molar refractivity (Wildman–Crippen MR) is 85.0 cm³/mol. The highest BCUT2D eigenvalue weighted by atomic mass is 32.2. The topological polar surface area (TPSA) is 38.3 Å². The molecule has 0 aromatic heterocycles. The molecule has 1 N–H and O–H groups in total. The normalized spacial score (nSPS) is 15.4. The molecule has 1 aromatic rings. The number of carbonyl (C=O) groups excluding carboxylic acids is 1. The van der Waals surface area contributed by atoms with Gasteiger partial charge in [0, 0.05) is 10.9 Å². The van der Waals surface area contributed by atoms with Gasteiger partial charge in [0.1, 0.15) is 6.04 Å². The van der Waals surface area contributed by atoms with Crippen LogP contribution in [0.15, 0.2) is 29.2 Å². The molecular weight excluding hydrogens is 270 g/mol. The average molecular weight is 295 g/mol. The summed E-state index contributed by atoms with van der Waals surface area (Å²) in [4.78, 5) is 13.1. The number of hydrogen-bond donors (Lipinski definition) is 1. The fourth-order valence-electron chi connectivity index (χ4n) is 2.09. The summed E-state index contributed by atoms with van der Waals surface area (Å²) in [6.45, 7) is 6.23. The maximum atomic E-state index is 11.9. The van der Waals surface area contributed by atoms with Crippen LogP contribution >= 0.6 is 11.8 Å². The number of rotatable bonds is 7. The number of benzene rings is 1. The molecule has 0 saturated carbocycles. The van der Waals surface area contributed by atoms with E-state index in [4.69, 9.17) is 4.74 Å². The molecule has 0 radical (unpaired) electrons. The van der Waals surface area contributed by atoms with Crippen molar-refractivity contribution >= 4 is 17.7 Å². The van der Waals surface area contributed by atoms with Crippen molar-refractivity contribution in [2.45, 2.75) is 44.2 Å². The number of esters is 1. The second-order valence-corrected chi connectivity index (χ2v) is 5.93. The van der Waals surface area contributed by atoms with E-state index in [1.807, 2.05) is 0 Å². The van der Waals surface area contributed by atoms with Crippen LogP contribution in [-0.2, 0) is 9.53 Å². The van der Waals surface area contributed by atoms with E-state index < -0.39 is 0 Å². The molecule has 0 amide bonds. The lowest BCUT2D eigenvalue weighted by atomic mass is 9.97. The minimum atomic E-state index is -0.264. The van der Waals surface area contributed by atoms with Crippen molar-refractivity contribution in [2.75, 3.05) is 13.4 Å². The quantitative estimate of drug-likeness (QED) is 0.615. The fourth-order valence-corrected chi connectivity index (χ4v) is 2.49. The molecule has 0 aliphatic carbocycles. The van der Waals surface area contributed by atoms with Crippen LogP contribution in [0.5, 0.6) is 0 Å². The van der Waals surface area contributed by atoms with Gasteiger partial charge in [0.05, 0.1) is 7.11 Å². The smallest absolute Gasteiger partial charge is 0.323 e. The van der Waals surface area contributed by atoms with Gasteiger partial charge in [-0.05, 0) is 36.8 Å². The average Bonchev–Trinajstić information content (AvgIpc) is 2.50. The largest absolute Gasteiger partial charge is 0.468 e. The second kappa shape index (κ2) is 8.32. The third-order valence-electron chi connectivity index (χ3n) is 3.71. The van der Waals surface area contributed by atoms with Crippen LogP contribution in [0.3, 0.4) is 0 Å². The van der Waals surface area contributed by atoms with E-state index in [9.17, 15) is 4.79 Å². The minimum Gasteiger partial charge on any atom is -0.468 e. The first-order chi connectivity index (χ1) is 9.53. The van der Waals surface area contributed by atoms with Gasteiger partial charge in [0.25, 0.3) is 0 Å².